The number of carbonyl (C=O) groups is 1. The van der Waals surface area contributed by atoms with Crippen LogP contribution in [0.2, 0.25) is 5.02 Å². The van der Waals surface area contributed by atoms with Crippen LogP contribution < -0.4 is 4.90 Å². The Balaban J connectivity index is 1.58. The smallest absolute Gasteiger partial charge is 0.240 e. The van der Waals surface area contributed by atoms with Gasteiger partial charge in [0.2, 0.25) is 5.91 Å². The molecule has 0 bridgehead atoms. The molecule has 0 aliphatic carbocycles. The highest BCUT2D eigenvalue weighted by Gasteiger charge is 2.28. The summed E-state index contributed by atoms with van der Waals surface area (Å²) in [5.74, 6) is 0.796. The van der Waals surface area contributed by atoms with Crippen LogP contribution in [0.5, 0.6) is 0 Å². The van der Waals surface area contributed by atoms with Crippen molar-refractivity contribution in [3.8, 4) is 11.4 Å². The van der Waals surface area contributed by atoms with Crippen molar-refractivity contribution in [2.45, 2.75) is 43.1 Å². The van der Waals surface area contributed by atoms with E-state index >= 15 is 0 Å². The summed E-state index contributed by atoms with van der Waals surface area (Å²) in [6.45, 7) is 3.99. The number of hydrogen-bond acceptors (Lipinski definition) is 5. The zero-order chi connectivity index (χ0) is 22.5. The lowest BCUT2D eigenvalue weighted by atomic mass is 10.0. The van der Waals surface area contributed by atoms with E-state index in [1.807, 2.05) is 58.9 Å². The zero-order valence-electron chi connectivity index (χ0n) is 18.3. The Hall–Kier alpha value is -2.35. The molecule has 0 fully saturated rings. The molecule has 0 radical (unpaired) electrons. The zero-order valence-corrected chi connectivity index (χ0v) is 19.9. The molecule has 2 aromatic carbocycles. The fourth-order valence-corrected chi connectivity index (χ4v) is 5.13. The molecule has 1 aliphatic rings. The van der Waals surface area contributed by atoms with E-state index in [2.05, 4.69) is 16.3 Å². The summed E-state index contributed by atoms with van der Waals surface area (Å²) in [4.78, 5) is 15.3. The van der Waals surface area contributed by atoms with Crippen LogP contribution in [0.25, 0.3) is 11.4 Å². The topological polar surface area (TPSA) is 60.2 Å². The van der Waals surface area contributed by atoms with Gasteiger partial charge >= 0.3 is 0 Å². The second kappa shape index (κ2) is 10.5. The molecule has 1 atom stereocenters. The molecule has 2 heterocycles. The third-order valence-corrected chi connectivity index (χ3v) is 6.97. The maximum absolute atomic E-state index is 13.4. The minimum absolute atomic E-state index is 0.0906. The van der Waals surface area contributed by atoms with Gasteiger partial charge in [-0.1, -0.05) is 53.7 Å². The van der Waals surface area contributed by atoms with Gasteiger partial charge in [0.1, 0.15) is 0 Å². The van der Waals surface area contributed by atoms with Gasteiger partial charge in [-0.05, 0) is 49.9 Å². The van der Waals surface area contributed by atoms with Crippen molar-refractivity contribution in [2.75, 3.05) is 25.2 Å². The van der Waals surface area contributed by atoms with E-state index in [1.165, 1.54) is 17.3 Å². The molecule has 1 amide bonds. The summed E-state index contributed by atoms with van der Waals surface area (Å²) < 4.78 is 7.27. The van der Waals surface area contributed by atoms with Gasteiger partial charge in [-0.3, -0.25) is 4.79 Å². The predicted octanol–water partition coefficient (Wildman–Crippen LogP) is 5.10. The van der Waals surface area contributed by atoms with E-state index in [1.54, 1.807) is 7.11 Å². The maximum Gasteiger partial charge on any atom is 0.240 e. The lowest BCUT2D eigenvalue weighted by Gasteiger charge is -2.31. The highest BCUT2D eigenvalue weighted by molar-refractivity contribution is 8.00. The Morgan fingerprint density at radius 1 is 1.19 bits per heavy atom. The first-order valence-corrected chi connectivity index (χ1v) is 12.1. The Labute approximate surface area is 197 Å². The second-order valence-corrected chi connectivity index (χ2v) is 9.48. The number of aryl methyl sites for hydroxylation is 1. The molecular formula is C24H27ClN4O2S. The highest BCUT2D eigenvalue weighted by atomic mass is 35.5. The van der Waals surface area contributed by atoms with E-state index in [9.17, 15) is 4.79 Å². The van der Waals surface area contributed by atoms with Crippen molar-refractivity contribution >= 4 is 35.0 Å². The van der Waals surface area contributed by atoms with Gasteiger partial charge < -0.3 is 14.2 Å². The van der Waals surface area contributed by atoms with Gasteiger partial charge in [-0.15, -0.1) is 10.2 Å². The van der Waals surface area contributed by atoms with Crippen LogP contribution in [0.1, 0.15) is 25.3 Å². The van der Waals surface area contributed by atoms with Crippen molar-refractivity contribution in [1.29, 1.82) is 0 Å². The molecule has 8 heteroatoms. The number of anilines is 1. The van der Waals surface area contributed by atoms with Crippen LogP contribution in [-0.4, -0.2) is 46.2 Å². The van der Waals surface area contributed by atoms with Gasteiger partial charge in [0.05, 0.1) is 10.3 Å². The minimum atomic E-state index is -0.300. The number of para-hydroxylation sites is 1. The molecule has 0 spiro atoms. The van der Waals surface area contributed by atoms with Crippen LogP contribution in [0.3, 0.4) is 0 Å². The molecule has 1 aliphatic heterocycles. The number of nitrogens with zero attached hydrogens (tertiary/aromatic N) is 4. The van der Waals surface area contributed by atoms with Crippen LogP contribution in [0, 0.1) is 0 Å². The number of benzene rings is 2. The molecule has 4 rings (SSSR count). The van der Waals surface area contributed by atoms with Crippen molar-refractivity contribution in [3.63, 3.8) is 0 Å². The van der Waals surface area contributed by atoms with E-state index in [-0.39, 0.29) is 11.2 Å². The van der Waals surface area contributed by atoms with E-state index < -0.39 is 0 Å². The van der Waals surface area contributed by atoms with Crippen molar-refractivity contribution < 1.29 is 9.53 Å². The SMILES string of the molecule is COCCCn1c(SC(C)C(=O)N2CCCc3ccccc32)nnc1-c1ccccc1Cl. The first kappa shape index (κ1) is 22.8. The lowest BCUT2D eigenvalue weighted by molar-refractivity contribution is -0.117. The van der Waals surface area contributed by atoms with Crippen molar-refractivity contribution in [2.24, 2.45) is 0 Å². The lowest BCUT2D eigenvalue weighted by Crippen LogP contribution is -2.40. The third-order valence-electron chi connectivity index (χ3n) is 5.57. The molecule has 168 valence electrons. The van der Waals surface area contributed by atoms with Gasteiger partial charge in [-0.25, -0.2) is 0 Å². The fraction of sp³-hybridized carbons (Fsp3) is 0.375. The Morgan fingerprint density at radius 3 is 2.78 bits per heavy atom. The number of halogens is 1. The largest absolute Gasteiger partial charge is 0.385 e. The fourth-order valence-electron chi connectivity index (χ4n) is 3.98. The summed E-state index contributed by atoms with van der Waals surface area (Å²) in [5, 5.41) is 9.89. The summed E-state index contributed by atoms with van der Waals surface area (Å²) in [6.07, 6.45) is 2.79. The molecule has 0 saturated carbocycles. The highest BCUT2D eigenvalue weighted by Crippen LogP contribution is 2.33. The van der Waals surface area contributed by atoms with E-state index in [0.717, 1.165) is 37.1 Å². The molecule has 32 heavy (non-hydrogen) atoms. The van der Waals surface area contributed by atoms with Crippen LogP contribution in [0.4, 0.5) is 5.69 Å². The molecule has 1 unspecified atom stereocenters. The summed E-state index contributed by atoms with van der Waals surface area (Å²) in [7, 11) is 1.69. The van der Waals surface area contributed by atoms with Gasteiger partial charge in [0.15, 0.2) is 11.0 Å². The molecule has 0 N–H and O–H groups in total. The number of carbonyl (C=O) groups excluding carboxylic acids is 1. The first-order valence-electron chi connectivity index (χ1n) is 10.8. The Kier molecular flexibility index (Phi) is 7.50. The number of thioether (sulfide) groups is 1. The quantitative estimate of drug-likeness (QED) is 0.339. The van der Waals surface area contributed by atoms with Gasteiger partial charge in [0, 0.05) is 38.1 Å². The minimum Gasteiger partial charge on any atom is -0.385 e. The average molecular weight is 471 g/mol. The van der Waals surface area contributed by atoms with Gasteiger partial charge in [-0.2, -0.15) is 0 Å². The second-order valence-electron chi connectivity index (χ2n) is 7.77. The number of aromatic nitrogens is 3. The monoisotopic (exact) mass is 470 g/mol. The van der Waals surface area contributed by atoms with Crippen LogP contribution >= 0.6 is 23.4 Å². The maximum atomic E-state index is 13.4. The number of hydrogen-bond donors (Lipinski definition) is 0. The predicted molar refractivity (Wildman–Crippen MR) is 129 cm³/mol. The number of fused-ring (bicyclic) bond motifs is 1. The molecule has 1 aromatic heterocycles. The summed E-state index contributed by atoms with van der Waals surface area (Å²) in [6, 6.07) is 15.8. The molecular weight excluding hydrogens is 444 g/mol. The van der Waals surface area contributed by atoms with Crippen molar-refractivity contribution in [3.05, 3.63) is 59.1 Å². The molecule has 6 nitrogen and oxygen atoms in total. The normalized spacial score (nSPS) is 14.3. The molecule has 3 aromatic rings. The van der Waals surface area contributed by atoms with E-state index in [4.69, 9.17) is 16.3 Å². The number of amides is 1. The van der Waals surface area contributed by atoms with Crippen molar-refractivity contribution in [1.82, 2.24) is 14.8 Å². The Bertz CT molecular complexity index is 1090. The number of ether oxygens (including phenoxy) is 1. The number of methoxy groups -OCH3 is 1. The van der Waals surface area contributed by atoms with E-state index in [0.29, 0.717) is 29.2 Å². The first-order chi connectivity index (χ1) is 15.6. The number of rotatable bonds is 8. The summed E-state index contributed by atoms with van der Waals surface area (Å²) in [5.41, 5.74) is 3.08. The van der Waals surface area contributed by atoms with Gasteiger partial charge in [0.25, 0.3) is 0 Å². The summed E-state index contributed by atoms with van der Waals surface area (Å²) >= 11 is 7.87. The Morgan fingerprint density at radius 2 is 1.97 bits per heavy atom. The average Bonchev–Trinajstić information content (AvgIpc) is 3.20. The van der Waals surface area contributed by atoms with Crippen LogP contribution in [-0.2, 0) is 22.5 Å². The molecule has 0 saturated heterocycles. The van der Waals surface area contributed by atoms with Crippen LogP contribution in [0.15, 0.2) is 53.7 Å². The standard InChI is InChI=1S/C24H27ClN4O2S/c1-17(23(30)28-14-7-10-18-9-3-6-13-21(18)28)32-24-27-26-22(29(24)15-8-16-31-2)19-11-4-5-12-20(19)25/h3-6,9,11-13,17H,7-8,10,14-16H2,1-2H3. The third kappa shape index (κ3) is 4.85.